The summed E-state index contributed by atoms with van der Waals surface area (Å²) in [6.45, 7) is 0.0745. The molecule has 7 nitrogen and oxygen atoms in total. The molecule has 0 aliphatic heterocycles. The van der Waals surface area contributed by atoms with Gasteiger partial charge in [0.1, 0.15) is 6.04 Å². The quantitative estimate of drug-likeness (QED) is 0.253. The van der Waals surface area contributed by atoms with E-state index in [-0.39, 0.29) is 54.9 Å². The van der Waals surface area contributed by atoms with E-state index in [9.17, 15) is 18.0 Å². The third-order valence-electron chi connectivity index (χ3n) is 6.18. The lowest BCUT2D eigenvalue weighted by molar-refractivity contribution is -0.141. The minimum absolute atomic E-state index is 0.0193. The molecule has 40 heavy (non-hydrogen) atoms. The summed E-state index contributed by atoms with van der Waals surface area (Å²) in [5.41, 5.74) is 1.79. The summed E-state index contributed by atoms with van der Waals surface area (Å²) in [6.07, 6.45) is 1.47. The standard InChI is InChI=1S/C28H29Cl4N3O4S/c1-33-28(37)26(16-19-7-4-3-5-8-19)34(18-20-10-12-22(30)24(32)15-20)27(36)9-6-14-35(40(2,38)39)25-17-21(29)11-13-23(25)31/h3-5,7-8,10-13,15,17,26H,6,9,14,16,18H2,1-2H3,(H,33,37). The lowest BCUT2D eigenvalue weighted by Crippen LogP contribution is -2.49. The molecular formula is C28H29Cl4N3O4S. The molecule has 12 heteroatoms. The molecule has 0 aliphatic rings. The van der Waals surface area contributed by atoms with E-state index < -0.39 is 16.1 Å². The van der Waals surface area contributed by atoms with Crippen molar-refractivity contribution >= 4 is 73.9 Å². The normalized spacial score (nSPS) is 12.1. The molecule has 0 bridgehead atoms. The number of anilines is 1. The van der Waals surface area contributed by atoms with Gasteiger partial charge in [-0.1, -0.05) is 82.8 Å². The van der Waals surface area contributed by atoms with Crippen LogP contribution in [0.5, 0.6) is 0 Å². The van der Waals surface area contributed by atoms with Gasteiger partial charge in [0.25, 0.3) is 0 Å². The maximum atomic E-state index is 13.7. The van der Waals surface area contributed by atoms with Crippen LogP contribution >= 0.6 is 46.4 Å². The van der Waals surface area contributed by atoms with Crippen LogP contribution in [0.2, 0.25) is 20.1 Å². The van der Waals surface area contributed by atoms with E-state index in [0.29, 0.717) is 20.6 Å². The molecule has 0 saturated carbocycles. The number of hydrogen-bond acceptors (Lipinski definition) is 4. The van der Waals surface area contributed by atoms with Gasteiger partial charge < -0.3 is 10.2 Å². The van der Waals surface area contributed by atoms with Crippen molar-refractivity contribution in [3.05, 3.63) is 97.9 Å². The topological polar surface area (TPSA) is 86.8 Å². The fourth-order valence-electron chi connectivity index (χ4n) is 4.21. The van der Waals surface area contributed by atoms with Crippen molar-refractivity contribution in [3.63, 3.8) is 0 Å². The van der Waals surface area contributed by atoms with Gasteiger partial charge in [0.15, 0.2) is 0 Å². The number of nitrogens with zero attached hydrogens (tertiary/aromatic N) is 2. The number of rotatable bonds is 12. The summed E-state index contributed by atoms with van der Waals surface area (Å²) in [4.78, 5) is 28.3. The first-order chi connectivity index (χ1) is 18.9. The van der Waals surface area contributed by atoms with Gasteiger partial charge in [0.2, 0.25) is 21.8 Å². The molecule has 0 aromatic heterocycles. The number of likely N-dealkylation sites (N-methyl/N-ethyl adjacent to an activating group) is 1. The van der Waals surface area contributed by atoms with E-state index in [1.54, 1.807) is 24.3 Å². The number of halogens is 4. The molecule has 0 fully saturated rings. The summed E-state index contributed by atoms with van der Waals surface area (Å²) >= 11 is 24.7. The summed E-state index contributed by atoms with van der Waals surface area (Å²) in [5, 5.41) is 3.90. The Morgan fingerprint density at radius 1 is 0.875 bits per heavy atom. The predicted molar refractivity (Wildman–Crippen MR) is 163 cm³/mol. The molecule has 3 aromatic rings. The molecule has 3 rings (SSSR count). The average Bonchev–Trinajstić information content (AvgIpc) is 2.91. The highest BCUT2D eigenvalue weighted by atomic mass is 35.5. The number of nitrogens with one attached hydrogen (secondary N) is 1. The Balaban J connectivity index is 1.88. The molecule has 0 saturated heterocycles. The van der Waals surface area contributed by atoms with Crippen molar-refractivity contribution in [3.8, 4) is 0 Å². The van der Waals surface area contributed by atoms with Crippen LogP contribution in [0.15, 0.2) is 66.7 Å². The van der Waals surface area contributed by atoms with Gasteiger partial charge >= 0.3 is 0 Å². The first-order valence-electron chi connectivity index (χ1n) is 12.3. The second-order valence-corrected chi connectivity index (χ2v) is 12.7. The first-order valence-corrected chi connectivity index (χ1v) is 15.7. The van der Waals surface area contributed by atoms with Crippen molar-refractivity contribution in [1.29, 1.82) is 0 Å². The van der Waals surface area contributed by atoms with Crippen molar-refractivity contribution in [2.75, 3.05) is 24.2 Å². The third kappa shape index (κ3) is 8.75. The highest BCUT2D eigenvalue weighted by Gasteiger charge is 2.30. The van der Waals surface area contributed by atoms with Crippen LogP contribution in [0.4, 0.5) is 5.69 Å². The Hall–Kier alpha value is -2.49. The van der Waals surface area contributed by atoms with Gasteiger partial charge in [-0.15, -0.1) is 0 Å². The van der Waals surface area contributed by atoms with Gasteiger partial charge in [0.05, 0.1) is 27.0 Å². The molecule has 0 aliphatic carbocycles. The smallest absolute Gasteiger partial charge is 0.242 e. The van der Waals surface area contributed by atoms with E-state index in [4.69, 9.17) is 46.4 Å². The lowest BCUT2D eigenvalue weighted by Gasteiger charge is -2.31. The van der Waals surface area contributed by atoms with Crippen molar-refractivity contribution < 1.29 is 18.0 Å². The second-order valence-electron chi connectivity index (χ2n) is 9.12. The minimum Gasteiger partial charge on any atom is -0.357 e. The van der Waals surface area contributed by atoms with Crippen molar-refractivity contribution in [1.82, 2.24) is 10.2 Å². The zero-order valence-electron chi connectivity index (χ0n) is 21.9. The van der Waals surface area contributed by atoms with Gasteiger partial charge in [-0.05, 0) is 47.9 Å². The third-order valence-corrected chi connectivity index (χ3v) is 8.66. The zero-order chi connectivity index (χ0) is 29.4. The Labute approximate surface area is 255 Å². The van der Waals surface area contributed by atoms with E-state index in [1.165, 1.54) is 24.1 Å². The van der Waals surface area contributed by atoms with Crippen molar-refractivity contribution in [2.24, 2.45) is 0 Å². The number of sulfonamides is 1. The highest BCUT2D eigenvalue weighted by molar-refractivity contribution is 7.92. The summed E-state index contributed by atoms with van der Waals surface area (Å²) in [6, 6.07) is 18.1. The predicted octanol–water partition coefficient (Wildman–Crippen LogP) is 6.23. The number of carbonyl (C=O) groups excluding carboxylic acids is 2. The molecule has 0 radical (unpaired) electrons. The number of benzene rings is 3. The number of carbonyl (C=O) groups is 2. The van der Waals surface area contributed by atoms with Crippen LogP contribution in [-0.4, -0.2) is 51.0 Å². The van der Waals surface area contributed by atoms with Crippen LogP contribution in [0, 0.1) is 0 Å². The van der Waals surface area contributed by atoms with Crippen LogP contribution in [0.25, 0.3) is 0 Å². The van der Waals surface area contributed by atoms with E-state index in [1.807, 2.05) is 30.3 Å². The summed E-state index contributed by atoms with van der Waals surface area (Å²) < 4.78 is 26.3. The summed E-state index contributed by atoms with van der Waals surface area (Å²) in [7, 11) is -2.22. The van der Waals surface area contributed by atoms with Crippen LogP contribution in [0.3, 0.4) is 0 Å². The Morgan fingerprint density at radius 3 is 2.17 bits per heavy atom. The lowest BCUT2D eigenvalue weighted by atomic mass is 10.0. The van der Waals surface area contributed by atoms with Gasteiger partial charge in [-0.3, -0.25) is 13.9 Å². The highest BCUT2D eigenvalue weighted by Crippen LogP contribution is 2.31. The second kappa shape index (κ2) is 14.4. The molecule has 0 heterocycles. The molecule has 1 unspecified atom stereocenters. The van der Waals surface area contributed by atoms with Crippen LogP contribution < -0.4 is 9.62 Å². The average molecular weight is 645 g/mol. The SMILES string of the molecule is CNC(=O)C(Cc1ccccc1)N(Cc1ccc(Cl)c(Cl)c1)C(=O)CCCN(c1cc(Cl)ccc1Cl)S(C)(=O)=O. The number of amides is 2. The molecular weight excluding hydrogens is 616 g/mol. The Bertz CT molecular complexity index is 1460. The van der Waals surface area contributed by atoms with E-state index in [2.05, 4.69) is 5.32 Å². The molecule has 2 amide bonds. The fraction of sp³-hybridized carbons (Fsp3) is 0.286. The van der Waals surface area contributed by atoms with Gasteiger partial charge in [-0.25, -0.2) is 8.42 Å². The molecule has 1 atom stereocenters. The van der Waals surface area contributed by atoms with Gasteiger partial charge in [0, 0.05) is 38.0 Å². The van der Waals surface area contributed by atoms with E-state index in [0.717, 1.165) is 16.1 Å². The van der Waals surface area contributed by atoms with Crippen LogP contribution in [0.1, 0.15) is 24.0 Å². The monoisotopic (exact) mass is 643 g/mol. The maximum absolute atomic E-state index is 13.7. The van der Waals surface area contributed by atoms with Crippen LogP contribution in [-0.2, 0) is 32.6 Å². The van der Waals surface area contributed by atoms with Crippen molar-refractivity contribution in [2.45, 2.75) is 31.8 Å². The number of hydrogen-bond donors (Lipinski definition) is 1. The largest absolute Gasteiger partial charge is 0.357 e. The molecule has 1 N–H and O–H groups in total. The fourth-order valence-corrected chi connectivity index (χ4v) is 5.94. The maximum Gasteiger partial charge on any atom is 0.242 e. The Kier molecular flexibility index (Phi) is 11.5. The minimum atomic E-state index is -3.73. The molecule has 214 valence electrons. The summed E-state index contributed by atoms with van der Waals surface area (Å²) in [5.74, 6) is -0.665. The Morgan fingerprint density at radius 2 is 1.55 bits per heavy atom. The first kappa shape index (κ1) is 32.0. The van der Waals surface area contributed by atoms with Gasteiger partial charge in [-0.2, -0.15) is 0 Å². The molecule has 0 spiro atoms. The zero-order valence-corrected chi connectivity index (χ0v) is 25.8. The van der Waals surface area contributed by atoms with E-state index >= 15 is 0 Å². The molecule has 3 aromatic carbocycles.